The van der Waals surface area contributed by atoms with Crippen molar-refractivity contribution in [2.45, 2.75) is 12.8 Å². The summed E-state index contributed by atoms with van der Waals surface area (Å²) in [6.07, 6.45) is 2.72. The summed E-state index contributed by atoms with van der Waals surface area (Å²) >= 11 is 9.31. The van der Waals surface area contributed by atoms with Crippen LogP contribution in [0.3, 0.4) is 0 Å². The average molecular weight is 306 g/mol. The van der Waals surface area contributed by atoms with Gasteiger partial charge in [0.2, 0.25) is 0 Å². The van der Waals surface area contributed by atoms with Crippen molar-refractivity contribution in [2.75, 3.05) is 26.2 Å². The minimum Gasteiger partial charge on any atom is -0.487 e. The third kappa shape index (κ3) is 3.37. The van der Waals surface area contributed by atoms with Gasteiger partial charge in [-0.3, -0.25) is 0 Å². The largest absolute Gasteiger partial charge is 0.487 e. The van der Waals surface area contributed by atoms with Gasteiger partial charge < -0.3 is 9.64 Å². The monoisotopic (exact) mass is 304 g/mol. The molecule has 0 spiro atoms. The van der Waals surface area contributed by atoms with Crippen molar-refractivity contribution in [2.24, 2.45) is 0 Å². The number of hydrogen-bond donors (Lipinski definition) is 1. The first kappa shape index (κ1) is 12.2. The zero-order chi connectivity index (χ0) is 11.4. The van der Waals surface area contributed by atoms with Crippen LogP contribution in [0, 0.1) is 0 Å². The summed E-state index contributed by atoms with van der Waals surface area (Å²) in [5.41, 5.74) is 0. The third-order valence-corrected chi connectivity index (χ3v) is 3.77. The van der Waals surface area contributed by atoms with E-state index in [-0.39, 0.29) is 0 Å². The van der Waals surface area contributed by atoms with Crippen molar-refractivity contribution in [3.05, 3.63) is 27.7 Å². The summed E-state index contributed by atoms with van der Waals surface area (Å²) in [4.78, 5) is 1.66. The topological polar surface area (TPSA) is 13.7 Å². The molecular formula is C12H16BrClNO+. The Hall–Kier alpha value is -0.250. The Morgan fingerprint density at radius 2 is 2.06 bits per heavy atom. The molecule has 0 amide bonds. The molecule has 16 heavy (non-hydrogen) atoms. The summed E-state index contributed by atoms with van der Waals surface area (Å²) in [5.74, 6) is 0.878. The summed E-state index contributed by atoms with van der Waals surface area (Å²) in [7, 11) is 0. The predicted molar refractivity (Wildman–Crippen MR) is 69.4 cm³/mol. The van der Waals surface area contributed by atoms with Gasteiger partial charge in [0, 0.05) is 17.9 Å². The van der Waals surface area contributed by atoms with E-state index in [4.69, 9.17) is 16.3 Å². The molecule has 1 aliphatic rings. The molecule has 1 saturated heterocycles. The molecule has 0 bridgehead atoms. The van der Waals surface area contributed by atoms with Gasteiger partial charge >= 0.3 is 0 Å². The predicted octanol–water partition coefficient (Wildman–Crippen LogP) is 2.16. The SMILES string of the molecule is Clc1ccc(OCC[NH+]2CCCC2)c(Br)c1. The van der Waals surface area contributed by atoms with E-state index >= 15 is 0 Å². The number of hydrogen-bond acceptors (Lipinski definition) is 1. The molecule has 0 saturated carbocycles. The molecule has 1 aromatic rings. The highest BCUT2D eigenvalue weighted by molar-refractivity contribution is 9.10. The Labute approximate surface area is 110 Å². The second-order valence-electron chi connectivity index (χ2n) is 4.13. The Morgan fingerprint density at radius 1 is 1.31 bits per heavy atom. The minimum absolute atomic E-state index is 0.726. The summed E-state index contributed by atoms with van der Waals surface area (Å²) < 4.78 is 6.65. The van der Waals surface area contributed by atoms with E-state index in [1.165, 1.54) is 25.9 Å². The van der Waals surface area contributed by atoms with Crippen molar-refractivity contribution in [1.82, 2.24) is 0 Å². The van der Waals surface area contributed by atoms with Crippen LogP contribution >= 0.6 is 27.5 Å². The average Bonchev–Trinajstić information content (AvgIpc) is 2.74. The number of nitrogens with one attached hydrogen (secondary N) is 1. The molecule has 88 valence electrons. The highest BCUT2D eigenvalue weighted by Crippen LogP contribution is 2.27. The van der Waals surface area contributed by atoms with Gasteiger partial charge in [-0.15, -0.1) is 0 Å². The maximum absolute atomic E-state index is 5.86. The molecule has 1 aliphatic heterocycles. The van der Waals surface area contributed by atoms with Crippen molar-refractivity contribution in [3.8, 4) is 5.75 Å². The van der Waals surface area contributed by atoms with E-state index in [9.17, 15) is 0 Å². The van der Waals surface area contributed by atoms with Crippen LogP contribution in [0.25, 0.3) is 0 Å². The number of halogens is 2. The van der Waals surface area contributed by atoms with E-state index in [1.807, 2.05) is 18.2 Å². The van der Waals surface area contributed by atoms with Crippen molar-refractivity contribution >= 4 is 27.5 Å². The maximum Gasteiger partial charge on any atom is 0.137 e. The zero-order valence-electron chi connectivity index (χ0n) is 9.14. The molecule has 0 radical (unpaired) electrons. The first-order valence-corrected chi connectivity index (χ1v) is 6.84. The Kier molecular flexibility index (Phi) is 4.50. The molecule has 0 unspecified atom stereocenters. The van der Waals surface area contributed by atoms with E-state index in [1.54, 1.807) is 4.90 Å². The van der Waals surface area contributed by atoms with Crippen LogP contribution in [0.4, 0.5) is 0 Å². The molecular weight excluding hydrogens is 289 g/mol. The van der Waals surface area contributed by atoms with Crippen LogP contribution in [0.1, 0.15) is 12.8 Å². The van der Waals surface area contributed by atoms with Gasteiger partial charge in [-0.2, -0.15) is 0 Å². The quantitative estimate of drug-likeness (QED) is 0.900. The fourth-order valence-corrected chi connectivity index (χ4v) is 2.82. The van der Waals surface area contributed by atoms with E-state index < -0.39 is 0 Å². The van der Waals surface area contributed by atoms with Crippen LogP contribution in [-0.4, -0.2) is 26.2 Å². The Bertz CT molecular complexity index is 353. The second-order valence-corrected chi connectivity index (χ2v) is 5.42. The molecule has 0 atom stereocenters. The number of quaternary nitrogens is 1. The van der Waals surface area contributed by atoms with Gasteiger partial charge in [0.25, 0.3) is 0 Å². The van der Waals surface area contributed by atoms with Crippen molar-refractivity contribution in [1.29, 1.82) is 0 Å². The number of ether oxygens (including phenoxy) is 1. The van der Waals surface area contributed by atoms with Gasteiger partial charge in [0.05, 0.1) is 17.6 Å². The van der Waals surface area contributed by atoms with Gasteiger partial charge in [-0.05, 0) is 34.1 Å². The second kappa shape index (κ2) is 5.89. The lowest BCUT2D eigenvalue weighted by atomic mass is 10.3. The number of benzene rings is 1. The normalized spacial score (nSPS) is 16.6. The van der Waals surface area contributed by atoms with Crippen LogP contribution in [0.5, 0.6) is 5.75 Å². The zero-order valence-corrected chi connectivity index (χ0v) is 11.5. The van der Waals surface area contributed by atoms with Gasteiger partial charge in [-0.1, -0.05) is 11.6 Å². The molecule has 1 heterocycles. The maximum atomic E-state index is 5.86. The van der Waals surface area contributed by atoms with E-state index in [2.05, 4.69) is 15.9 Å². The molecule has 0 aromatic heterocycles. The molecule has 4 heteroatoms. The van der Waals surface area contributed by atoms with Gasteiger partial charge in [0.1, 0.15) is 18.9 Å². The molecule has 1 N–H and O–H groups in total. The van der Waals surface area contributed by atoms with Crippen LogP contribution < -0.4 is 9.64 Å². The summed E-state index contributed by atoms with van der Waals surface area (Å²) in [5, 5.41) is 0.726. The van der Waals surface area contributed by atoms with E-state index in [0.29, 0.717) is 0 Å². The van der Waals surface area contributed by atoms with Crippen molar-refractivity contribution < 1.29 is 9.64 Å². The molecule has 2 rings (SSSR count). The first-order chi connectivity index (χ1) is 7.75. The number of likely N-dealkylation sites (tertiary alicyclic amines) is 1. The van der Waals surface area contributed by atoms with Crippen molar-refractivity contribution in [3.63, 3.8) is 0 Å². The fourth-order valence-electron chi connectivity index (χ4n) is 2.02. The lowest BCUT2D eigenvalue weighted by Crippen LogP contribution is -3.10. The fraction of sp³-hybridized carbons (Fsp3) is 0.500. The summed E-state index contributed by atoms with van der Waals surface area (Å²) in [6, 6.07) is 5.62. The summed E-state index contributed by atoms with van der Waals surface area (Å²) in [6.45, 7) is 4.46. The molecule has 1 fully saturated rings. The Balaban J connectivity index is 1.80. The number of rotatable bonds is 4. The van der Waals surface area contributed by atoms with Crippen LogP contribution in [0.2, 0.25) is 5.02 Å². The molecule has 1 aromatic carbocycles. The lowest BCUT2D eigenvalue weighted by molar-refractivity contribution is -0.887. The highest BCUT2D eigenvalue weighted by Gasteiger charge is 2.14. The standard InChI is InChI=1S/C12H15BrClNO/c13-11-9-10(14)3-4-12(11)16-8-7-15-5-1-2-6-15/h3-4,9H,1-2,5-8H2/p+1. The Morgan fingerprint density at radius 3 is 2.75 bits per heavy atom. The molecule has 2 nitrogen and oxygen atoms in total. The first-order valence-electron chi connectivity index (χ1n) is 5.67. The molecule has 0 aliphatic carbocycles. The van der Waals surface area contributed by atoms with Gasteiger partial charge in [-0.25, -0.2) is 0 Å². The smallest absolute Gasteiger partial charge is 0.137 e. The minimum atomic E-state index is 0.726. The third-order valence-electron chi connectivity index (χ3n) is 2.92. The van der Waals surface area contributed by atoms with E-state index in [0.717, 1.165) is 28.4 Å². The lowest BCUT2D eigenvalue weighted by Gasteiger charge is -2.13. The van der Waals surface area contributed by atoms with Gasteiger partial charge in [0.15, 0.2) is 0 Å². The highest BCUT2D eigenvalue weighted by atomic mass is 79.9. The van der Waals surface area contributed by atoms with Crippen LogP contribution in [0.15, 0.2) is 22.7 Å². The van der Waals surface area contributed by atoms with Crippen LogP contribution in [-0.2, 0) is 0 Å².